The molecule has 2 aromatic rings. The third-order valence-corrected chi connectivity index (χ3v) is 2.36. The number of aromatic nitrogens is 3. The number of hydrogen-bond donors (Lipinski definition) is 1. The van der Waals surface area contributed by atoms with Crippen LogP contribution in [-0.2, 0) is 0 Å². The Morgan fingerprint density at radius 2 is 2.13 bits per heavy atom. The van der Waals surface area contributed by atoms with Gasteiger partial charge in [0.15, 0.2) is 0 Å². The summed E-state index contributed by atoms with van der Waals surface area (Å²) < 4.78 is 0.609. The fourth-order valence-corrected chi connectivity index (χ4v) is 1.71. The summed E-state index contributed by atoms with van der Waals surface area (Å²) in [5, 5.41) is 0. The van der Waals surface area contributed by atoms with Crippen LogP contribution in [0.4, 0.5) is 0 Å². The van der Waals surface area contributed by atoms with Crippen LogP contribution >= 0.6 is 12.2 Å². The van der Waals surface area contributed by atoms with Gasteiger partial charge in [-0.15, -0.1) is 0 Å². The lowest BCUT2D eigenvalue weighted by atomic mass is 10.1. The van der Waals surface area contributed by atoms with Crippen LogP contribution in [0.15, 0.2) is 24.5 Å². The van der Waals surface area contributed by atoms with E-state index in [4.69, 9.17) is 12.2 Å². The van der Waals surface area contributed by atoms with E-state index in [2.05, 4.69) is 15.0 Å². The second-order valence-corrected chi connectivity index (χ2v) is 3.86. The standard InChI is InChI=1S/C11H11N3S/c1-7-6-12-4-3-9(7)11-13-8(2)5-10(15)14-11/h3-6H,1-2H3,(H,13,14,15). The molecule has 0 fully saturated rings. The second-order valence-electron chi connectivity index (χ2n) is 3.44. The van der Waals surface area contributed by atoms with Crippen LogP contribution in [0.1, 0.15) is 11.3 Å². The van der Waals surface area contributed by atoms with E-state index in [1.54, 1.807) is 6.20 Å². The van der Waals surface area contributed by atoms with Gasteiger partial charge in [0.25, 0.3) is 0 Å². The Morgan fingerprint density at radius 3 is 2.80 bits per heavy atom. The highest BCUT2D eigenvalue weighted by Gasteiger charge is 2.03. The zero-order valence-corrected chi connectivity index (χ0v) is 9.43. The number of nitrogens with one attached hydrogen (secondary N) is 1. The van der Waals surface area contributed by atoms with Gasteiger partial charge in [0.05, 0.1) is 0 Å². The van der Waals surface area contributed by atoms with E-state index in [-0.39, 0.29) is 0 Å². The quantitative estimate of drug-likeness (QED) is 0.747. The Bertz CT molecular complexity index is 546. The number of H-pyrrole nitrogens is 1. The second kappa shape index (κ2) is 3.90. The highest BCUT2D eigenvalue weighted by molar-refractivity contribution is 7.71. The Kier molecular flexibility index (Phi) is 2.60. The first-order valence-electron chi connectivity index (χ1n) is 4.66. The van der Waals surface area contributed by atoms with Crippen LogP contribution in [0.3, 0.4) is 0 Å². The Labute approximate surface area is 93.2 Å². The summed E-state index contributed by atoms with van der Waals surface area (Å²) in [5.41, 5.74) is 3.14. The molecule has 2 heterocycles. The van der Waals surface area contributed by atoms with Gasteiger partial charge in [-0.2, -0.15) is 0 Å². The first-order chi connectivity index (χ1) is 7.16. The molecule has 15 heavy (non-hydrogen) atoms. The van der Waals surface area contributed by atoms with E-state index in [1.165, 1.54) is 0 Å². The van der Waals surface area contributed by atoms with E-state index in [0.717, 1.165) is 22.6 Å². The normalized spacial score (nSPS) is 10.3. The number of pyridine rings is 1. The van der Waals surface area contributed by atoms with Gasteiger partial charge in [-0.1, -0.05) is 12.2 Å². The lowest BCUT2D eigenvalue weighted by Crippen LogP contribution is -1.94. The predicted molar refractivity (Wildman–Crippen MR) is 62.1 cm³/mol. The number of nitrogens with zero attached hydrogens (tertiary/aromatic N) is 2. The van der Waals surface area contributed by atoms with E-state index in [9.17, 15) is 0 Å². The summed E-state index contributed by atoms with van der Waals surface area (Å²) in [6.45, 7) is 3.97. The van der Waals surface area contributed by atoms with Crippen molar-refractivity contribution in [3.8, 4) is 11.4 Å². The van der Waals surface area contributed by atoms with E-state index < -0.39 is 0 Å². The molecule has 0 spiro atoms. The van der Waals surface area contributed by atoms with Crippen molar-refractivity contribution >= 4 is 12.2 Å². The highest BCUT2D eigenvalue weighted by Crippen LogP contribution is 2.17. The van der Waals surface area contributed by atoms with Crippen molar-refractivity contribution in [2.75, 3.05) is 0 Å². The van der Waals surface area contributed by atoms with Crippen molar-refractivity contribution in [3.63, 3.8) is 0 Å². The van der Waals surface area contributed by atoms with Gasteiger partial charge in [0.1, 0.15) is 10.5 Å². The summed E-state index contributed by atoms with van der Waals surface area (Å²) in [6, 6.07) is 3.78. The Morgan fingerprint density at radius 1 is 1.33 bits per heavy atom. The minimum atomic E-state index is 0.609. The monoisotopic (exact) mass is 217 g/mol. The molecule has 0 bridgehead atoms. The van der Waals surface area contributed by atoms with E-state index in [0.29, 0.717) is 4.64 Å². The fraction of sp³-hybridized carbons (Fsp3) is 0.182. The number of hydrogen-bond acceptors (Lipinski definition) is 3. The largest absolute Gasteiger partial charge is 0.343 e. The summed E-state index contributed by atoms with van der Waals surface area (Å²) in [6.07, 6.45) is 3.57. The molecule has 2 aromatic heterocycles. The van der Waals surface area contributed by atoms with Gasteiger partial charge in [-0.3, -0.25) is 4.98 Å². The molecule has 3 nitrogen and oxygen atoms in total. The average Bonchev–Trinajstić information content (AvgIpc) is 2.16. The number of aromatic amines is 1. The molecular formula is C11H11N3S. The average molecular weight is 217 g/mol. The molecule has 0 aromatic carbocycles. The Balaban J connectivity index is 2.64. The fourth-order valence-electron chi connectivity index (χ4n) is 1.45. The molecular weight excluding hydrogens is 206 g/mol. The maximum absolute atomic E-state index is 5.08. The molecule has 0 saturated carbocycles. The van der Waals surface area contributed by atoms with Crippen LogP contribution in [0.5, 0.6) is 0 Å². The van der Waals surface area contributed by atoms with Gasteiger partial charge in [-0.05, 0) is 31.5 Å². The molecule has 0 radical (unpaired) electrons. The molecule has 76 valence electrons. The zero-order chi connectivity index (χ0) is 10.8. The molecule has 0 aliphatic carbocycles. The molecule has 0 aliphatic heterocycles. The van der Waals surface area contributed by atoms with Crippen molar-refractivity contribution in [2.45, 2.75) is 13.8 Å². The molecule has 1 N–H and O–H groups in total. The maximum Gasteiger partial charge on any atom is 0.139 e. The van der Waals surface area contributed by atoms with Gasteiger partial charge in [-0.25, -0.2) is 4.98 Å². The van der Waals surface area contributed by atoms with Crippen molar-refractivity contribution < 1.29 is 0 Å². The van der Waals surface area contributed by atoms with Crippen molar-refractivity contribution in [3.05, 3.63) is 40.4 Å². The highest BCUT2D eigenvalue weighted by atomic mass is 32.1. The zero-order valence-electron chi connectivity index (χ0n) is 8.61. The van der Waals surface area contributed by atoms with Crippen molar-refractivity contribution in [1.82, 2.24) is 15.0 Å². The van der Waals surface area contributed by atoms with Crippen molar-refractivity contribution in [2.24, 2.45) is 0 Å². The van der Waals surface area contributed by atoms with Crippen molar-refractivity contribution in [1.29, 1.82) is 0 Å². The lowest BCUT2D eigenvalue weighted by Gasteiger charge is -2.05. The first kappa shape index (κ1) is 9.98. The summed E-state index contributed by atoms with van der Waals surface area (Å²) in [4.78, 5) is 11.5. The third kappa shape index (κ3) is 2.10. The molecule has 0 unspecified atom stereocenters. The van der Waals surface area contributed by atoms with Crippen LogP contribution in [0, 0.1) is 18.5 Å². The first-order valence-corrected chi connectivity index (χ1v) is 5.06. The third-order valence-electron chi connectivity index (χ3n) is 2.15. The van der Waals surface area contributed by atoms with Gasteiger partial charge in [0, 0.05) is 23.7 Å². The molecule has 0 saturated heterocycles. The minimum Gasteiger partial charge on any atom is -0.343 e. The topological polar surface area (TPSA) is 41.6 Å². The van der Waals surface area contributed by atoms with E-state index >= 15 is 0 Å². The van der Waals surface area contributed by atoms with Gasteiger partial charge in [0.2, 0.25) is 0 Å². The lowest BCUT2D eigenvalue weighted by molar-refractivity contribution is 1.09. The molecule has 0 atom stereocenters. The smallest absolute Gasteiger partial charge is 0.139 e. The SMILES string of the molecule is Cc1cc(=S)nc(-c2ccncc2C)[nH]1. The van der Waals surface area contributed by atoms with Crippen LogP contribution < -0.4 is 0 Å². The van der Waals surface area contributed by atoms with E-state index in [1.807, 2.05) is 32.2 Å². The van der Waals surface area contributed by atoms with Crippen LogP contribution in [0.25, 0.3) is 11.4 Å². The minimum absolute atomic E-state index is 0.609. The molecule has 0 aliphatic rings. The van der Waals surface area contributed by atoms with Crippen LogP contribution in [-0.4, -0.2) is 15.0 Å². The molecule has 2 rings (SSSR count). The molecule has 0 amide bonds. The summed E-state index contributed by atoms with van der Waals surface area (Å²) in [7, 11) is 0. The van der Waals surface area contributed by atoms with Gasteiger partial charge < -0.3 is 4.98 Å². The predicted octanol–water partition coefficient (Wildman–Crippen LogP) is 2.82. The number of rotatable bonds is 1. The summed E-state index contributed by atoms with van der Waals surface area (Å²) in [5.74, 6) is 0.805. The molecule has 4 heteroatoms. The maximum atomic E-state index is 5.08. The summed E-state index contributed by atoms with van der Waals surface area (Å²) >= 11 is 5.08. The number of aryl methyl sites for hydroxylation is 2. The van der Waals surface area contributed by atoms with Crippen LogP contribution in [0.2, 0.25) is 0 Å². The Hall–Kier alpha value is -1.55. The van der Waals surface area contributed by atoms with Gasteiger partial charge >= 0.3 is 0 Å².